The molecule has 5 nitrogen and oxygen atoms in total. The lowest BCUT2D eigenvalue weighted by molar-refractivity contribution is -0.143. The highest BCUT2D eigenvalue weighted by molar-refractivity contribution is 7.19. The first-order chi connectivity index (χ1) is 14.4. The fraction of sp³-hybridized carbons (Fsp3) is 0.174. The summed E-state index contributed by atoms with van der Waals surface area (Å²) in [5, 5.41) is 0.416. The summed E-state index contributed by atoms with van der Waals surface area (Å²) in [6.45, 7) is 3.60. The molecule has 7 heteroatoms. The van der Waals surface area contributed by atoms with E-state index in [1.54, 1.807) is 43.3 Å². The molecule has 4 aromatic rings. The third-order valence-corrected chi connectivity index (χ3v) is 6.04. The highest BCUT2D eigenvalue weighted by Gasteiger charge is 2.29. The number of esters is 1. The summed E-state index contributed by atoms with van der Waals surface area (Å²) in [6, 6.07) is 14.0. The molecule has 0 aliphatic carbocycles. The molecule has 1 atom stereocenters. The summed E-state index contributed by atoms with van der Waals surface area (Å²) in [5.41, 5.74) is 1.73. The van der Waals surface area contributed by atoms with Crippen LogP contribution in [0.3, 0.4) is 0 Å². The quantitative estimate of drug-likeness (QED) is 0.450. The lowest BCUT2D eigenvalue weighted by Gasteiger charge is -2.20. The van der Waals surface area contributed by atoms with E-state index in [0.717, 1.165) is 10.4 Å². The van der Waals surface area contributed by atoms with Gasteiger partial charge in [-0.2, -0.15) is 0 Å². The van der Waals surface area contributed by atoms with E-state index in [4.69, 9.17) is 4.74 Å². The topological polar surface area (TPSA) is 61.2 Å². The van der Waals surface area contributed by atoms with Gasteiger partial charge < -0.3 is 4.74 Å². The van der Waals surface area contributed by atoms with Gasteiger partial charge in [-0.3, -0.25) is 9.36 Å². The number of nitrogens with zero attached hydrogens (tertiary/aromatic N) is 2. The largest absolute Gasteiger partial charge is 0.467 e. The summed E-state index contributed by atoms with van der Waals surface area (Å²) < 4.78 is 19.8. The summed E-state index contributed by atoms with van der Waals surface area (Å²) in [7, 11) is 1.29. The van der Waals surface area contributed by atoms with Crippen molar-refractivity contribution in [2.75, 3.05) is 7.11 Å². The number of carbonyl (C=O) groups is 1. The molecule has 2 aromatic carbocycles. The van der Waals surface area contributed by atoms with Crippen molar-refractivity contribution >= 4 is 27.5 Å². The predicted molar refractivity (Wildman–Crippen MR) is 115 cm³/mol. The van der Waals surface area contributed by atoms with Gasteiger partial charge in [0, 0.05) is 10.4 Å². The van der Waals surface area contributed by atoms with Gasteiger partial charge in [-0.25, -0.2) is 14.2 Å². The number of thiophene rings is 1. The number of carbonyl (C=O) groups excluding carboxylic acids is 1. The predicted octanol–water partition coefficient (Wildman–Crippen LogP) is 4.64. The van der Waals surface area contributed by atoms with Crippen molar-refractivity contribution in [3.63, 3.8) is 0 Å². The van der Waals surface area contributed by atoms with Crippen LogP contribution in [-0.4, -0.2) is 22.6 Å². The Bertz CT molecular complexity index is 1290. The first-order valence-corrected chi connectivity index (χ1v) is 10.1. The van der Waals surface area contributed by atoms with Gasteiger partial charge in [0.25, 0.3) is 5.56 Å². The van der Waals surface area contributed by atoms with Crippen LogP contribution in [0.2, 0.25) is 0 Å². The molecule has 0 radical (unpaired) electrons. The monoisotopic (exact) mass is 422 g/mol. The standard InChI is InChI=1S/C23H19FN2O3S/c1-13-18(15-9-11-17(24)12-10-15)19-21(30-13)25-14(2)26(22(19)27)20(23(28)29-3)16-7-5-4-6-8-16/h4-12,20H,1-3H3. The first-order valence-electron chi connectivity index (χ1n) is 9.33. The smallest absolute Gasteiger partial charge is 0.333 e. The van der Waals surface area contributed by atoms with Crippen LogP contribution in [0.4, 0.5) is 4.39 Å². The molecule has 152 valence electrons. The molecule has 2 aromatic heterocycles. The highest BCUT2D eigenvalue weighted by atomic mass is 32.1. The van der Waals surface area contributed by atoms with Crippen molar-refractivity contribution in [2.24, 2.45) is 0 Å². The van der Waals surface area contributed by atoms with Gasteiger partial charge in [-0.15, -0.1) is 11.3 Å². The summed E-state index contributed by atoms with van der Waals surface area (Å²) in [6.07, 6.45) is 0. The Hall–Kier alpha value is -3.32. The van der Waals surface area contributed by atoms with E-state index in [1.807, 2.05) is 13.0 Å². The average molecular weight is 422 g/mol. The highest BCUT2D eigenvalue weighted by Crippen LogP contribution is 2.36. The van der Waals surface area contributed by atoms with Crippen LogP contribution >= 0.6 is 11.3 Å². The number of rotatable bonds is 4. The number of methoxy groups -OCH3 is 1. The zero-order chi connectivity index (χ0) is 21.4. The minimum Gasteiger partial charge on any atom is -0.467 e. The van der Waals surface area contributed by atoms with Crippen LogP contribution in [0.15, 0.2) is 59.4 Å². The Kier molecular flexibility index (Phi) is 5.22. The molecule has 2 heterocycles. The molecule has 30 heavy (non-hydrogen) atoms. The molecule has 0 saturated carbocycles. The van der Waals surface area contributed by atoms with Crippen LogP contribution in [0.25, 0.3) is 21.3 Å². The number of hydrogen-bond acceptors (Lipinski definition) is 5. The number of benzene rings is 2. The number of aryl methyl sites for hydroxylation is 2. The second-order valence-corrected chi connectivity index (χ2v) is 8.09. The maximum atomic E-state index is 13.7. The Labute approximate surface area is 176 Å². The molecule has 0 N–H and O–H groups in total. The van der Waals surface area contributed by atoms with Gasteiger partial charge in [0.1, 0.15) is 16.5 Å². The van der Waals surface area contributed by atoms with Crippen molar-refractivity contribution in [1.82, 2.24) is 9.55 Å². The van der Waals surface area contributed by atoms with Crippen molar-refractivity contribution < 1.29 is 13.9 Å². The van der Waals surface area contributed by atoms with E-state index in [-0.39, 0.29) is 11.4 Å². The number of fused-ring (bicyclic) bond motifs is 1. The van der Waals surface area contributed by atoms with Crippen LogP contribution in [-0.2, 0) is 9.53 Å². The third-order valence-electron chi connectivity index (χ3n) is 5.04. The summed E-state index contributed by atoms with van der Waals surface area (Å²) in [5.74, 6) is -0.487. The lowest BCUT2D eigenvalue weighted by Crippen LogP contribution is -2.33. The zero-order valence-corrected chi connectivity index (χ0v) is 17.5. The maximum Gasteiger partial charge on any atom is 0.333 e. The van der Waals surface area contributed by atoms with E-state index in [2.05, 4.69) is 4.98 Å². The molecule has 0 aliphatic heterocycles. The van der Waals surface area contributed by atoms with Crippen LogP contribution in [0.5, 0.6) is 0 Å². The Morgan fingerprint density at radius 1 is 1.10 bits per heavy atom. The summed E-state index contributed by atoms with van der Waals surface area (Å²) >= 11 is 1.40. The fourth-order valence-electron chi connectivity index (χ4n) is 3.68. The summed E-state index contributed by atoms with van der Waals surface area (Å²) in [4.78, 5) is 32.5. The molecule has 0 spiro atoms. The van der Waals surface area contributed by atoms with E-state index < -0.39 is 12.0 Å². The average Bonchev–Trinajstić information content (AvgIpc) is 3.07. The number of aromatic nitrogens is 2. The van der Waals surface area contributed by atoms with Crippen LogP contribution < -0.4 is 5.56 Å². The van der Waals surface area contributed by atoms with Crippen molar-refractivity contribution in [1.29, 1.82) is 0 Å². The van der Waals surface area contributed by atoms with Gasteiger partial charge >= 0.3 is 5.97 Å². The second-order valence-electron chi connectivity index (χ2n) is 6.89. The molecule has 0 bridgehead atoms. The number of ether oxygens (including phenoxy) is 1. The molecular weight excluding hydrogens is 403 g/mol. The second kappa shape index (κ2) is 7.84. The molecule has 0 amide bonds. The van der Waals surface area contributed by atoms with E-state index in [9.17, 15) is 14.0 Å². The van der Waals surface area contributed by atoms with E-state index in [1.165, 1.54) is 35.1 Å². The zero-order valence-electron chi connectivity index (χ0n) is 16.7. The Morgan fingerprint density at radius 3 is 2.40 bits per heavy atom. The molecule has 0 saturated heterocycles. The van der Waals surface area contributed by atoms with Gasteiger partial charge in [0.15, 0.2) is 6.04 Å². The number of hydrogen-bond donors (Lipinski definition) is 0. The molecule has 4 rings (SSSR count). The van der Waals surface area contributed by atoms with Crippen LogP contribution in [0, 0.1) is 19.7 Å². The Balaban J connectivity index is 2.04. The van der Waals surface area contributed by atoms with Crippen molar-refractivity contribution in [3.05, 3.63) is 87.0 Å². The maximum absolute atomic E-state index is 13.7. The molecular formula is C23H19FN2O3S. The SMILES string of the molecule is COC(=O)C(c1ccccc1)n1c(C)nc2sc(C)c(-c3ccc(F)cc3)c2c1=O. The minimum absolute atomic E-state index is 0.333. The minimum atomic E-state index is -0.957. The van der Waals surface area contributed by atoms with E-state index in [0.29, 0.717) is 27.2 Å². The van der Waals surface area contributed by atoms with Crippen molar-refractivity contribution in [2.45, 2.75) is 19.9 Å². The molecule has 0 aliphatic rings. The van der Waals surface area contributed by atoms with E-state index >= 15 is 0 Å². The lowest BCUT2D eigenvalue weighted by atomic mass is 10.0. The van der Waals surface area contributed by atoms with Gasteiger partial charge in [-0.1, -0.05) is 42.5 Å². The van der Waals surface area contributed by atoms with Gasteiger partial charge in [0.05, 0.1) is 12.5 Å². The fourth-order valence-corrected chi connectivity index (χ4v) is 4.76. The molecule has 0 fully saturated rings. The number of halogens is 1. The third kappa shape index (κ3) is 3.31. The van der Waals surface area contributed by atoms with Crippen molar-refractivity contribution in [3.8, 4) is 11.1 Å². The normalized spacial score (nSPS) is 12.1. The Morgan fingerprint density at radius 2 is 1.77 bits per heavy atom. The van der Waals surface area contributed by atoms with Crippen LogP contribution in [0.1, 0.15) is 22.3 Å². The van der Waals surface area contributed by atoms with Gasteiger partial charge in [0.2, 0.25) is 0 Å². The molecule has 1 unspecified atom stereocenters. The first kappa shape index (κ1) is 20.0. The van der Waals surface area contributed by atoms with Gasteiger partial charge in [-0.05, 0) is 37.1 Å².